The Kier molecular flexibility index (Phi) is 8.65. The van der Waals surface area contributed by atoms with Crippen molar-refractivity contribution in [2.24, 2.45) is 11.8 Å². The molecule has 0 fully saturated rings. The molecule has 0 aromatic heterocycles. The van der Waals surface area contributed by atoms with Gasteiger partial charge in [0, 0.05) is 5.92 Å². The number of rotatable bonds is 8. The topological polar surface area (TPSA) is 52.6 Å². The maximum atomic E-state index is 13.5. The van der Waals surface area contributed by atoms with E-state index in [9.17, 15) is 14.0 Å². The Balaban J connectivity index is 2.88. The van der Waals surface area contributed by atoms with E-state index in [2.05, 4.69) is 13.8 Å². The first-order chi connectivity index (χ1) is 12.9. The Morgan fingerprint density at radius 3 is 2.25 bits per heavy atom. The standard InChI is InChI=1S/C23H35FO4/c1-9-14(2)21(19-11-10-18(24)12-15(19)3)17(5)27-22(26)16(4)13-20(25)28-23(6,7)8/h10-12,14,16-17,21H,9,13H2,1-8H3/t14?,16-,17+,21-/m1/s1. The summed E-state index contributed by atoms with van der Waals surface area (Å²) in [4.78, 5) is 24.5. The highest BCUT2D eigenvalue weighted by atomic mass is 19.1. The monoisotopic (exact) mass is 394 g/mol. The van der Waals surface area contributed by atoms with Gasteiger partial charge in [0.25, 0.3) is 0 Å². The molecule has 4 nitrogen and oxygen atoms in total. The zero-order chi connectivity index (χ0) is 21.6. The molecule has 0 radical (unpaired) electrons. The fraction of sp³-hybridized carbons (Fsp3) is 0.652. The van der Waals surface area contributed by atoms with Gasteiger partial charge in [-0.25, -0.2) is 4.39 Å². The third-order valence-corrected chi connectivity index (χ3v) is 4.95. The summed E-state index contributed by atoms with van der Waals surface area (Å²) in [6, 6.07) is 4.72. The summed E-state index contributed by atoms with van der Waals surface area (Å²) in [5.41, 5.74) is 1.24. The third-order valence-electron chi connectivity index (χ3n) is 4.95. The summed E-state index contributed by atoms with van der Waals surface area (Å²) >= 11 is 0. The molecule has 5 heteroatoms. The molecule has 28 heavy (non-hydrogen) atoms. The van der Waals surface area contributed by atoms with Crippen molar-refractivity contribution in [3.63, 3.8) is 0 Å². The zero-order valence-corrected chi connectivity index (χ0v) is 18.5. The zero-order valence-electron chi connectivity index (χ0n) is 18.5. The largest absolute Gasteiger partial charge is 0.462 e. The Hall–Kier alpha value is -1.91. The number of carbonyl (C=O) groups is 2. The van der Waals surface area contributed by atoms with Crippen molar-refractivity contribution in [1.29, 1.82) is 0 Å². The Morgan fingerprint density at radius 2 is 1.75 bits per heavy atom. The molecule has 0 bridgehead atoms. The SMILES string of the molecule is CCC(C)[C@@H](c1ccc(F)cc1C)[C@H](C)OC(=O)[C@H](C)CC(=O)OC(C)(C)C. The highest BCUT2D eigenvalue weighted by Gasteiger charge is 2.31. The van der Waals surface area contributed by atoms with Crippen LogP contribution in [0.1, 0.15) is 78.4 Å². The van der Waals surface area contributed by atoms with Crippen LogP contribution in [0.3, 0.4) is 0 Å². The lowest BCUT2D eigenvalue weighted by molar-refractivity contribution is -0.163. The summed E-state index contributed by atoms with van der Waals surface area (Å²) in [5.74, 6) is -1.52. The van der Waals surface area contributed by atoms with Crippen molar-refractivity contribution in [3.8, 4) is 0 Å². The lowest BCUT2D eigenvalue weighted by Crippen LogP contribution is -2.31. The van der Waals surface area contributed by atoms with E-state index in [0.717, 1.165) is 17.5 Å². The minimum atomic E-state index is -0.593. The van der Waals surface area contributed by atoms with Crippen molar-refractivity contribution in [3.05, 3.63) is 35.1 Å². The second kappa shape index (κ2) is 10.0. The van der Waals surface area contributed by atoms with E-state index in [-0.39, 0.29) is 24.1 Å². The quantitative estimate of drug-likeness (QED) is 0.541. The summed E-state index contributed by atoms with van der Waals surface area (Å²) < 4.78 is 24.5. The van der Waals surface area contributed by atoms with Crippen LogP contribution in [0.15, 0.2) is 18.2 Å². The molecule has 1 aromatic carbocycles. The van der Waals surface area contributed by atoms with E-state index in [1.807, 2.05) is 13.8 Å². The van der Waals surface area contributed by atoms with E-state index in [0.29, 0.717) is 0 Å². The number of halogens is 1. The number of hydrogen-bond donors (Lipinski definition) is 0. The van der Waals surface area contributed by atoms with Gasteiger partial charge in [-0.3, -0.25) is 9.59 Å². The molecule has 1 unspecified atom stereocenters. The molecule has 0 spiro atoms. The average molecular weight is 395 g/mol. The molecular weight excluding hydrogens is 359 g/mol. The maximum absolute atomic E-state index is 13.5. The van der Waals surface area contributed by atoms with E-state index < -0.39 is 29.6 Å². The smallest absolute Gasteiger partial charge is 0.309 e. The second-order valence-electron chi connectivity index (χ2n) is 8.75. The summed E-state index contributed by atoms with van der Waals surface area (Å²) in [6.45, 7) is 14.9. The van der Waals surface area contributed by atoms with Gasteiger partial charge in [-0.05, 0) is 63.8 Å². The van der Waals surface area contributed by atoms with Gasteiger partial charge in [0.1, 0.15) is 17.5 Å². The van der Waals surface area contributed by atoms with Crippen LogP contribution < -0.4 is 0 Å². The van der Waals surface area contributed by atoms with Crippen LogP contribution in [0.2, 0.25) is 0 Å². The summed E-state index contributed by atoms with van der Waals surface area (Å²) in [5, 5.41) is 0. The summed E-state index contributed by atoms with van der Waals surface area (Å²) in [7, 11) is 0. The number of hydrogen-bond acceptors (Lipinski definition) is 4. The number of aryl methyl sites for hydroxylation is 1. The molecule has 0 saturated heterocycles. The van der Waals surface area contributed by atoms with Crippen molar-refractivity contribution < 1.29 is 23.5 Å². The van der Waals surface area contributed by atoms with Crippen LogP contribution in [0.5, 0.6) is 0 Å². The van der Waals surface area contributed by atoms with E-state index >= 15 is 0 Å². The molecule has 4 atom stereocenters. The average Bonchev–Trinajstić information content (AvgIpc) is 2.54. The molecule has 0 heterocycles. The fourth-order valence-electron chi connectivity index (χ4n) is 3.38. The Labute approximate surface area is 168 Å². The molecule has 0 aliphatic rings. The number of benzene rings is 1. The van der Waals surface area contributed by atoms with Crippen LogP contribution in [0.25, 0.3) is 0 Å². The predicted octanol–water partition coefficient (Wildman–Crippen LogP) is 5.56. The number of carbonyl (C=O) groups excluding carboxylic acids is 2. The molecule has 0 N–H and O–H groups in total. The van der Waals surface area contributed by atoms with Gasteiger partial charge in [-0.2, -0.15) is 0 Å². The molecule has 158 valence electrons. The van der Waals surface area contributed by atoms with E-state index in [1.165, 1.54) is 12.1 Å². The van der Waals surface area contributed by atoms with Crippen molar-refractivity contribution in [2.45, 2.75) is 85.9 Å². The highest BCUT2D eigenvalue weighted by Crippen LogP contribution is 2.34. The Morgan fingerprint density at radius 1 is 1.14 bits per heavy atom. The normalized spacial score (nSPS) is 16.0. The molecule has 0 saturated carbocycles. The number of ether oxygens (including phenoxy) is 2. The number of esters is 2. The van der Waals surface area contributed by atoms with E-state index in [1.54, 1.807) is 33.8 Å². The van der Waals surface area contributed by atoms with Crippen LogP contribution in [-0.4, -0.2) is 23.6 Å². The van der Waals surface area contributed by atoms with Gasteiger partial charge in [0.2, 0.25) is 0 Å². The van der Waals surface area contributed by atoms with Gasteiger partial charge in [-0.15, -0.1) is 0 Å². The minimum Gasteiger partial charge on any atom is -0.462 e. The third kappa shape index (κ3) is 7.25. The minimum absolute atomic E-state index is 0.0214. The first kappa shape index (κ1) is 24.1. The predicted molar refractivity (Wildman–Crippen MR) is 109 cm³/mol. The highest BCUT2D eigenvalue weighted by molar-refractivity contribution is 5.80. The van der Waals surface area contributed by atoms with Crippen LogP contribution in [-0.2, 0) is 19.1 Å². The van der Waals surface area contributed by atoms with Crippen LogP contribution in [0, 0.1) is 24.6 Å². The maximum Gasteiger partial charge on any atom is 0.309 e. The second-order valence-corrected chi connectivity index (χ2v) is 8.75. The van der Waals surface area contributed by atoms with E-state index in [4.69, 9.17) is 9.47 Å². The molecule has 1 aromatic rings. The van der Waals surface area contributed by atoms with Crippen LogP contribution >= 0.6 is 0 Å². The van der Waals surface area contributed by atoms with Crippen LogP contribution in [0.4, 0.5) is 4.39 Å². The van der Waals surface area contributed by atoms with Gasteiger partial charge in [-0.1, -0.05) is 33.3 Å². The van der Waals surface area contributed by atoms with Crippen molar-refractivity contribution in [2.75, 3.05) is 0 Å². The lowest BCUT2D eigenvalue weighted by Gasteiger charge is -2.31. The van der Waals surface area contributed by atoms with Crippen molar-refractivity contribution in [1.82, 2.24) is 0 Å². The van der Waals surface area contributed by atoms with Gasteiger partial charge < -0.3 is 9.47 Å². The lowest BCUT2D eigenvalue weighted by atomic mass is 9.80. The summed E-state index contributed by atoms with van der Waals surface area (Å²) in [6.07, 6.45) is 0.483. The van der Waals surface area contributed by atoms with Gasteiger partial charge >= 0.3 is 11.9 Å². The van der Waals surface area contributed by atoms with Crippen molar-refractivity contribution >= 4 is 11.9 Å². The van der Waals surface area contributed by atoms with Gasteiger partial charge in [0.05, 0.1) is 12.3 Å². The first-order valence-electron chi connectivity index (χ1n) is 10.0. The molecule has 0 aliphatic carbocycles. The molecule has 1 rings (SSSR count). The van der Waals surface area contributed by atoms with Gasteiger partial charge in [0.15, 0.2) is 0 Å². The molecule has 0 aliphatic heterocycles. The fourth-order valence-corrected chi connectivity index (χ4v) is 3.38. The Bertz CT molecular complexity index is 678. The first-order valence-corrected chi connectivity index (χ1v) is 10.0. The molecular formula is C23H35FO4. The molecule has 0 amide bonds.